The van der Waals surface area contributed by atoms with Crippen molar-refractivity contribution in [3.8, 4) is 0 Å². The third-order valence-corrected chi connectivity index (χ3v) is 5.48. The van der Waals surface area contributed by atoms with Crippen LogP contribution in [0.15, 0.2) is 36.4 Å². The van der Waals surface area contributed by atoms with Crippen molar-refractivity contribution in [2.24, 2.45) is 28.9 Å². The summed E-state index contributed by atoms with van der Waals surface area (Å²) in [7, 11) is 0. The van der Waals surface area contributed by atoms with Crippen LogP contribution in [0.2, 0.25) is 0 Å². The van der Waals surface area contributed by atoms with Crippen molar-refractivity contribution in [3.05, 3.63) is 42.0 Å². The molecule has 0 bridgehead atoms. The zero-order valence-corrected chi connectivity index (χ0v) is 21.4. The predicted molar refractivity (Wildman–Crippen MR) is 134 cm³/mol. The molecule has 1 aromatic carbocycles. The Balaban J connectivity index is 3.15. The van der Waals surface area contributed by atoms with Crippen molar-refractivity contribution in [1.29, 1.82) is 0 Å². The van der Waals surface area contributed by atoms with Crippen LogP contribution in [0.5, 0.6) is 0 Å². The van der Waals surface area contributed by atoms with Gasteiger partial charge < -0.3 is 5.73 Å². The fraction of sp³-hybridized carbons (Fsp3) is 0.577. The minimum absolute atomic E-state index is 0.0556. The molecule has 0 spiro atoms. The Kier molecular flexibility index (Phi) is 12.0. The molecule has 0 unspecified atom stereocenters. The van der Waals surface area contributed by atoms with Crippen LogP contribution in [0, 0.1) is 23.2 Å². The number of carbonyl (C=O) groups is 3. The fourth-order valence-corrected chi connectivity index (χ4v) is 3.54. The van der Waals surface area contributed by atoms with Crippen molar-refractivity contribution in [2.75, 3.05) is 6.54 Å². The fourth-order valence-electron chi connectivity index (χ4n) is 3.54. The summed E-state index contributed by atoms with van der Waals surface area (Å²) in [6, 6.07) is 8.82. The summed E-state index contributed by atoms with van der Waals surface area (Å²) in [6.07, 6.45) is 5.00. The Labute approximate surface area is 203 Å². The van der Waals surface area contributed by atoms with Crippen LogP contribution < -0.4 is 16.6 Å². The Morgan fingerprint density at radius 3 is 2.18 bits per heavy atom. The highest BCUT2D eigenvalue weighted by molar-refractivity contribution is 5.89. The topological polar surface area (TPSA) is 125 Å². The van der Waals surface area contributed by atoms with E-state index in [-0.39, 0.29) is 17.8 Å². The average Bonchev–Trinajstić information content (AvgIpc) is 2.77. The first-order chi connectivity index (χ1) is 15.9. The second-order valence-electron chi connectivity index (χ2n) is 10.4. The number of nitrogens with one attached hydrogen (secondary N) is 2. The van der Waals surface area contributed by atoms with E-state index in [9.17, 15) is 19.6 Å². The monoisotopic (exact) mass is 474 g/mol. The molecule has 34 heavy (non-hydrogen) atoms. The first-order valence-corrected chi connectivity index (χ1v) is 11.9. The molecule has 0 aliphatic carbocycles. The van der Waals surface area contributed by atoms with Gasteiger partial charge in [0.05, 0.1) is 17.9 Å². The number of hydrazine groups is 1. The van der Waals surface area contributed by atoms with Crippen molar-refractivity contribution >= 4 is 23.8 Å². The van der Waals surface area contributed by atoms with Crippen LogP contribution in [-0.4, -0.2) is 40.5 Å². The predicted octanol–water partition coefficient (Wildman–Crippen LogP) is 3.52. The van der Waals surface area contributed by atoms with E-state index < -0.39 is 35.6 Å². The molecule has 0 heterocycles. The number of hydroxylamine groups is 1. The maximum Gasteiger partial charge on any atom is 0.257 e. The maximum absolute atomic E-state index is 13.4. The Bertz CT molecular complexity index is 816. The molecule has 0 radical (unpaired) electrons. The van der Waals surface area contributed by atoms with Gasteiger partial charge in [-0.1, -0.05) is 77.1 Å². The zero-order chi connectivity index (χ0) is 25.9. The van der Waals surface area contributed by atoms with Gasteiger partial charge in [-0.15, -0.1) is 0 Å². The van der Waals surface area contributed by atoms with Gasteiger partial charge in [-0.05, 0) is 43.1 Å². The number of nitrogens with two attached hydrogens (primary N) is 1. The third kappa shape index (κ3) is 10.5. The van der Waals surface area contributed by atoms with Gasteiger partial charge >= 0.3 is 0 Å². The second kappa shape index (κ2) is 13.9. The molecule has 5 N–H and O–H groups in total. The van der Waals surface area contributed by atoms with E-state index >= 15 is 0 Å². The van der Waals surface area contributed by atoms with Gasteiger partial charge in [0.15, 0.2) is 0 Å². The number of rotatable bonds is 11. The summed E-state index contributed by atoms with van der Waals surface area (Å²) in [6.45, 7) is 11.9. The lowest BCUT2D eigenvalue weighted by Crippen LogP contribution is -2.55. The number of benzene rings is 1. The minimum Gasteiger partial charge on any atom is -0.320 e. The molecule has 1 rings (SSSR count). The molecular weight excluding hydrogens is 432 g/mol. The van der Waals surface area contributed by atoms with E-state index in [4.69, 9.17) is 5.73 Å². The van der Waals surface area contributed by atoms with E-state index in [1.165, 1.54) is 5.01 Å². The number of nitrogens with zero attached hydrogens (tertiary/aromatic N) is 1. The van der Waals surface area contributed by atoms with Gasteiger partial charge in [0, 0.05) is 6.54 Å². The van der Waals surface area contributed by atoms with E-state index in [1.54, 1.807) is 12.4 Å². The summed E-state index contributed by atoms with van der Waals surface area (Å²) in [4.78, 5) is 38.7. The number of amides is 3. The van der Waals surface area contributed by atoms with E-state index in [0.717, 1.165) is 5.56 Å². The van der Waals surface area contributed by atoms with Crippen LogP contribution >= 0.6 is 0 Å². The molecule has 0 aliphatic heterocycles. The van der Waals surface area contributed by atoms with E-state index in [0.29, 0.717) is 19.4 Å². The van der Waals surface area contributed by atoms with Crippen LogP contribution in [-0.2, 0) is 14.4 Å². The lowest BCUT2D eigenvalue weighted by molar-refractivity contribution is -0.148. The van der Waals surface area contributed by atoms with E-state index in [1.807, 2.05) is 77.1 Å². The highest BCUT2D eigenvalue weighted by Gasteiger charge is 2.35. The van der Waals surface area contributed by atoms with E-state index in [2.05, 4.69) is 5.43 Å². The summed E-state index contributed by atoms with van der Waals surface area (Å²) < 4.78 is 0. The van der Waals surface area contributed by atoms with Gasteiger partial charge in [-0.3, -0.25) is 30.0 Å². The Hall–Kier alpha value is -2.71. The minimum atomic E-state index is -0.817. The molecule has 0 saturated carbocycles. The highest BCUT2D eigenvalue weighted by atomic mass is 16.5. The van der Waals surface area contributed by atoms with Gasteiger partial charge in [-0.25, -0.2) is 5.48 Å². The van der Waals surface area contributed by atoms with Crippen molar-refractivity contribution in [3.63, 3.8) is 0 Å². The van der Waals surface area contributed by atoms with Gasteiger partial charge in [0.25, 0.3) is 5.91 Å². The lowest BCUT2D eigenvalue weighted by atomic mass is 9.82. The van der Waals surface area contributed by atoms with Crippen LogP contribution in [0.3, 0.4) is 0 Å². The van der Waals surface area contributed by atoms with Crippen molar-refractivity contribution in [2.45, 2.75) is 66.8 Å². The summed E-state index contributed by atoms with van der Waals surface area (Å²) in [5.74, 6) is -2.95. The number of hydrogen-bond donors (Lipinski definition) is 4. The molecule has 8 heteroatoms. The molecule has 0 aromatic heterocycles. The Morgan fingerprint density at radius 1 is 1.06 bits per heavy atom. The molecule has 1 aromatic rings. The molecule has 0 saturated heterocycles. The van der Waals surface area contributed by atoms with Gasteiger partial charge in [-0.2, -0.15) is 0 Å². The standard InChI is InChI=1S/C26H42N4O4/c1-18(2)17-22(21(24(32)29-34)14-10-13-20-11-8-7-9-12-20)23(31)28-30(25(33)19(3)27)16-15-26(4,5)6/h7-13,18-19,21-22,34H,14-17,27H2,1-6H3,(H,28,31)(H,29,32)/b13-10+/t19-,21+,22-/m1/s1. The summed E-state index contributed by atoms with van der Waals surface area (Å²) >= 11 is 0. The molecule has 0 fully saturated rings. The van der Waals surface area contributed by atoms with Crippen LogP contribution in [0.1, 0.15) is 66.4 Å². The first-order valence-electron chi connectivity index (χ1n) is 11.9. The average molecular weight is 475 g/mol. The number of hydrogen-bond acceptors (Lipinski definition) is 5. The molecule has 8 nitrogen and oxygen atoms in total. The van der Waals surface area contributed by atoms with Crippen LogP contribution in [0.4, 0.5) is 0 Å². The normalized spacial score (nSPS) is 14.5. The molecule has 3 atom stereocenters. The molecule has 3 amide bonds. The zero-order valence-electron chi connectivity index (χ0n) is 21.4. The van der Waals surface area contributed by atoms with Crippen molar-refractivity contribution < 1.29 is 19.6 Å². The van der Waals surface area contributed by atoms with Crippen molar-refractivity contribution in [1.82, 2.24) is 15.9 Å². The summed E-state index contributed by atoms with van der Waals surface area (Å²) in [5.41, 5.74) is 11.2. The third-order valence-electron chi connectivity index (χ3n) is 5.48. The maximum atomic E-state index is 13.4. The molecular formula is C26H42N4O4. The van der Waals surface area contributed by atoms with Gasteiger partial charge in [0.2, 0.25) is 11.8 Å². The highest BCUT2D eigenvalue weighted by Crippen LogP contribution is 2.26. The molecule has 0 aliphatic rings. The second-order valence-corrected chi connectivity index (χ2v) is 10.4. The van der Waals surface area contributed by atoms with Crippen LogP contribution in [0.25, 0.3) is 6.08 Å². The number of allylic oxidation sites excluding steroid dienone is 1. The quantitative estimate of drug-likeness (QED) is 0.288. The van der Waals surface area contributed by atoms with Gasteiger partial charge in [0.1, 0.15) is 0 Å². The number of carbonyl (C=O) groups excluding carboxylic acids is 3. The lowest BCUT2D eigenvalue weighted by Gasteiger charge is -2.32. The Morgan fingerprint density at radius 2 is 1.68 bits per heavy atom. The largest absolute Gasteiger partial charge is 0.320 e. The summed E-state index contributed by atoms with van der Waals surface area (Å²) in [5, 5.41) is 10.6. The molecule has 190 valence electrons. The SMILES string of the molecule is CC(C)C[C@@H](C(=O)NN(CCC(C)(C)C)C(=O)[C@@H](C)N)[C@H](C/C=C/c1ccccc1)C(=O)NO. The smallest absolute Gasteiger partial charge is 0.257 e. The first kappa shape index (κ1) is 29.3.